The topological polar surface area (TPSA) is 154 Å². The number of nitrogens with zero attached hydrogens (tertiary/aromatic N) is 6. The second-order valence-corrected chi connectivity index (χ2v) is 21.8. The SMILES string of the molecule is CCc1cc(Nc2ncc(Br)c(Nc3cnc4ccccc4c3P(C)(C)=O)n2)c(OC)cc1N1CCC(N2CCN(C3CC(c4ccc(OC5CCC(=O)NC5=O)cc4)C3)CC2)CC1. The molecular formula is C48H57BrN9O5P. The number of halogens is 1. The molecule has 5 heterocycles. The molecule has 14 nitrogen and oxygen atoms in total. The lowest BCUT2D eigenvalue weighted by Gasteiger charge is -2.49. The molecule has 64 heavy (non-hydrogen) atoms. The number of piperazine rings is 1. The predicted molar refractivity (Wildman–Crippen MR) is 257 cm³/mol. The number of imide groups is 1. The lowest BCUT2D eigenvalue weighted by molar-refractivity contribution is -0.138. The number of rotatable bonds is 13. The number of amides is 2. The number of anilines is 5. The fourth-order valence-corrected chi connectivity index (χ4v) is 11.6. The summed E-state index contributed by atoms with van der Waals surface area (Å²) in [5.41, 5.74) is 5.99. The van der Waals surface area contributed by atoms with Gasteiger partial charge in [0, 0.05) is 92.8 Å². The highest BCUT2D eigenvalue weighted by Gasteiger charge is 2.37. The van der Waals surface area contributed by atoms with Crippen LogP contribution in [0, 0.1) is 0 Å². The van der Waals surface area contributed by atoms with Crippen LogP contribution in [0.4, 0.5) is 28.8 Å². The molecule has 1 unspecified atom stereocenters. The van der Waals surface area contributed by atoms with Crippen LogP contribution in [-0.4, -0.2) is 114 Å². The van der Waals surface area contributed by atoms with Crippen molar-refractivity contribution >= 4 is 79.9 Å². The molecule has 336 valence electrons. The summed E-state index contributed by atoms with van der Waals surface area (Å²) in [5, 5.41) is 10.8. The number of methoxy groups -OCH3 is 1. The van der Waals surface area contributed by atoms with Gasteiger partial charge in [0.2, 0.25) is 11.9 Å². The number of aromatic nitrogens is 3. The number of pyridine rings is 1. The quantitative estimate of drug-likeness (QED) is 0.0778. The molecule has 16 heteroatoms. The molecule has 3 N–H and O–H groups in total. The highest BCUT2D eigenvalue weighted by molar-refractivity contribution is 9.10. The first-order valence-electron chi connectivity index (χ1n) is 22.5. The highest BCUT2D eigenvalue weighted by Crippen LogP contribution is 2.43. The fourth-order valence-electron chi connectivity index (χ4n) is 9.89. The van der Waals surface area contributed by atoms with E-state index in [9.17, 15) is 14.2 Å². The van der Waals surface area contributed by atoms with Gasteiger partial charge >= 0.3 is 0 Å². The van der Waals surface area contributed by atoms with Crippen LogP contribution in [0.15, 0.2) is 77.5 Å². The van der Waals surface area contributed by atoms with Gasteiger partial charge < -0.3 is 29.6 Å². The molecule has 1 atom stereocenters. The van der Waals surface area contributed by atoms with Crippen LogP contribution in [-0.2, 0) is 20.6 Å². The third kappa shape index (κ3) is 9.49. The molecule has 3 aliphatic heterocycles. The third-order valence-electron chi connectivity index (χ3n) is 13.4. The Labute approximate surface area is 383 Å². The fraction of sp³-hybridized carbons (Fsp3) is 0.438. The molecule has 2 amide bonds. The maximum absolute atomic E-state index is 13.6. The van der Waals surface area contributed by atoms with Crippen molar-refractivity contribution in [1.82, 2.24) is 30.1 Å². The largest absolute Gasteiger partial charge is 0.494 e. The van der Waals surface area contributed by atoms with Gasteiger partial charge in [-0.15, -0.1) is 0 Å². The number of aryl methyl sites for hydroxylation is 1. The smallest absolute Gasteiger partial charge is 0.267 e. The summed E-state index contributed by atoms with van der Waals surface area (Å²) in [6.45, 7) is 12.2. The Hall–Kier alpha value is -5.08. The molecular weight excluding hydrogens is 893 g/mol. The van der Waals surface area contributed by atoms with E-state index in [4.69, 9.17) is 14.5 Å². The lowest BCUT2D eigenvalue weighted by atomic mass is 9.75. The summed E-state index contributed by atoms with van der Waals surface area (Å²) in [6.07, 6.45) is 9.00. The Morgan fingerprint density at radius 2 is 1.58 bits per heavy atom. The van der Waals surface area contributed by atoms with Crippen LogP contribution in [0.25, 0.3) is 10.9 Å². The number of nitrogens with one attached hydrogen (secondary N) is 3. The molecule has 4 aliphatic rings. The van der Waals surface area contributed by atoms with E-state index in [-0.39, 0.29) is 11.8 Å². The van der Waals surface area contributed by atoms with Gasteiger partial charge in [-0.25, -0.2) is 4.98 Å². The number of hydrogen-bond acceptors (Lipinski definition) is 13. The van der Waals surface area contributed by atoms with Crippen molar-refractivity contribution < 1.29 is 23.6 Å². The van der Waals surface area contributed by atoms with Gasteiger partial charge in [-0.05, 0) is 103 Å². The first kappa shape index (κ1) is 44.1. The molecule has 5 aromatic rings. The minimum Gasteiger partial charge on any atom is -0.494 e. The third-order valence-corrected chi connectivity index (χ3v) is 15.6. The van der Waals surface area contributed by atoms with Gasteiger partial charge in [-0.3, -0.25) is 29.7 Å². The first-order valence-corrected chi connectivity index (χ1v) is 25.9. The molecule has 2 aromatic heterocycles. The van der Waals surface area contributed by atoms with Crippen LogP contribution in [0.1, 0.15) is 62.5 Å². The van der Waals surface area contributed by atoms with Crippen LogP contribution in [0.2, 0.25) is 0 Å². The average molecular weight is 951 g/mol. The average Bonchev–Trinajstić information content (AvgIpc) is 3.28. The van der Waals surface area contributed by atoms with E-state index in [2.05, 4.69) is 87.7 Å². The lowest BCUT2D eigenvalue weighted by Crippen LogP contribution is -2.57. The van der Waals surface area contributed by atoms with Gasteiger partial charge in [0.1, 0.15) is 24.5 Å². The number of carbonyl (C=O) groups is 2. The van der Waals surface area contributed by atoms with Gasteiger partial charge in [0.25, 0.3) is 5.91 Å². The van der Waals surface area contributed by atoms with Crippen LogP contribution in [0.5, 0.6) is 11.5 Å². The summed E-state index contributed by atoms with van der Waals surface area (Å²) in [6, 6.07) is 21.4. The number of carbonyl (C=O) groups excluding carboxylic acids is 2. The zero-order chi connectivity index (χ0) is 44.5. The number of piperidine rings is 2. The number of ether oxygens (including phenoxy) is 2. The Bertz CT molecular complexity index is 2570. The molecule has 0 radical (unpaired) electrons. The Kier molecular flexibility index (Phi) is 13.0. The van der Waals surface area contributed by atoms with E-state index in [1.807, 2.05) is 36.4 Å². The van der Waals surface area contributed by atoms with Crippen molar-refractivity contribution in [1.29, 1.82) is 0 Å². The van der Waals surface area contributed by atoms with Gasteiger partial charge in [-0.2, -0.15) is 4.98 Å². The maximum Gasteiger partial charge on any atom is 0.267 e. The van der Waals surface area contributed by atoms with Crippen LogP contribution >= 0.6 is 23.1 Å². The van der Waals surface area contributed by atoms with Crippen LogP contribution in [0.3, 0.4) is 0 Å². The molecule has 3 saturated heterocycles. The molecule has 9 rings (SSSR count). The van der Waals surface area contributed by atoms with E-state index < -0.39 is 13.2 Å². The van der Waals surface area contributed by atoms with E-state index in [1.54, 1.807) is 32.8 Å². The predicted octanol–water partition coefficient (Wildman–Crippen LogP) is 7.81. The van der Waals surface area contributed by atoms with Crippen molar-refractivity contribution in [2.24, 2.45) is 0 Å². The minimum absolute atomic E-state index is 0.234. The highest BCUT2D eigenvalue weighted by atomic mass is 79.9. The summed E-state index contributed by atoms with van der Waals surface area (Å²) in [7, 11) is -1.01. The summed E-state index contributed by atoms with van der Waals surface area (Å²) in [5.74, 6) is 2.27. The van der Waals surface area contributed by atoms with Crippen molar-refractivity contribution in [3.63, 3.8) is 0 Å². The Morgan fingerprint density at radius 1 is 0.859 bits per heavy atom. The normalized spacial score (nSPS) is 21.3. The number of hydrogen-bond donors (Lipinski definition) is 3. The Morgan fingerprint density at radius 3 is 2.27 bits per heavy atom. The van der Waals surface area contributed by atoms with E-state index >= 15 is 0 Å². The van der Waals surface area contributed by atoms with Gasteiger partial charge in [0.15, 0.2) is 6.10 Å². The molecule has 4 fully saturated rings. The van der Waals surface area contributed by atoms with E-state index in [0.717, 1.165) is 86.2 Å². The first-order chi connectivity index (χ1) is 30.9. The minimum atomic E-state index is -2.70. The molecule has 1 saturated carbocycles. The molecule has 1 aliphatic carbocycles. The molecule has 0 spiro atoms. The second kappa shape index (κ2) is 18.8. The van der Waals surface area contributed by atoms with E-state index in [0.29, 0.717) is 58.5 Å². The molecule has 0 bridgehead atoms. The zero-order valence-electron chi connectivity index (χ0n) is 37.0. The van der Waals surface area contributed by atoms with Crippen molar-refractivity contribution in [2.45, 2.75) is 76.0 Å². The summed E-state index contributed by atoms with van der Waals surface area (Å²) >= 11 is 3.61. The summed E-state index contributed by atoms with van der Waals surface area (Å²) < 4.78 is 26.1. The van der Waals surface area contributed by atoms with Crippen molar-refractivity contribution in [3.05, 3.63) is 88.7 Å². The number of fused-ring (bicyclic) bond motifs is 1. The van der Waals surface area contributed by atoms with Gasteiger partial charge in [0.05, 0.1) is 34.7 Å². The second-order valence-electron chi connectivity index (χ2n) is 17.8. The number of para-hydroxylation sites is 1. The van der Waals surface area contributed by atoms with Crippen molar-refractivity contribution in [3.8, 4) is 11.5 Å². The number of benzene rings is 3. The zero-order valence-corrected chi connectivity index (χ0v) is 39.5. The molecule has 3 aromatic carbocycles. The van der Waals surface area contributed by atoms with Crippen LogP contribution < -0.4 is 35.6 Å². The monoisotopic (exact) mass is 949 g/mol. The van der Waals surface area contributed by atoms with E-state index in [1.165, 1.54) is 29.7 Å². The summed E-state index contributed by atoms with van der Waals surface area (Å²) in [4.78, 5) is 45.5. The standard InChI is InChI=1S/C48H57BrN9O5P/c1-5-30-26-39(53-48-51-28-37(49)46(55-48)52-40-29-50-38-9-7-6-8-36(38)45(40)64(3,4)61)43(62-2)27-41(30)58-18-16-33(17-19-58)56-20-22-57(23-21-56)34-24-32(25-34)31-10-12-35(13-11-31)63-42-14-15-44(59)54-47(42)60/h6-13,26-29,32-34,42H,5,14-25H2,1-4H3,(H,54,59,60)(H2,51,52,53,55). The maximum atomic E-state index is 13.6. The Balaban J connectivity index is 0.777. The van der Waals surface area contributed by atoms with Gasteiger partial charge in [-0.1, -0.05) is 37.3 Å². The van der Waals surface area contributed by atoms with Crippen molar-refractivity contribution in [2.75, 3.05) is 75.2 Å².